The average molecular weight is 216 g/mol. The first-order valence-corrected chi connectivity index (χ1v) is 5.78. The summed E-state index contributed by atoms with van der Waals surface area (Å²) >= 11 is 0. The number of imidazole rings is 1. The lowest BCUT2D eigenvalue weighted by atomic mass is 9.65. The van der Waals surface area contributed by atoms with E-state index in [4.69, 9.17) is 0 Å². The number of rotatable bonds is 2. The molecule has 0 unspecified atom stereocenters. The Labute approximate surface area is 94.7 Å². The Balaban J connectivity index is 2.11. The van der Waals surface area contributed by atoms with Crippen molar-refractivity contribution in [3.8, 4) is 0 Å². The number of aromatic nitrogens is 2. The predicted octanol–water partition coefficient (Wildman–Crippen LogP) is 1.99. The van der Waals surface area contributed by atoms with Gasteiger partial charge in [0, 0.05) is 12.5 Å². The predicted molar refractivity (Wildman–Crippen MR) is 63.3 cm³/mol. The monoisotopic (exact) mass is 216 g/mol. The lowest BCUT2D eigenvalue weighted by Crippen LogP contribution is -2.37. The van der Waals surface area contributed by atoms with Crippen molar-refractivity contribution in [1.29, 1.82) is 0 Å². The maximum Gasteiger partial charge on any atom is 0.0955 e. The van der Waals surface area contributed by atoms with E-state index in [0.29, 0.717) is 0 Å². The topological polar surface area (TPSA) is 38.0 Å². The summed E-state index contributed by atoms with van der Waals surface area (Å²) in [5.41, 5.74) is 3.44. The third-order valence-electron chi connectivity index (χ3n) is 3.95. The highest BCUT2D eigenvalue weighted by Gasteiger charge is 2.38. The molecular weight excluding hydrogens is 200 g/mol. The zero-order valence-corrected chi connectivity index (χ0v) is 9.48. The Kier molecular flexibility index (Phi) is 2.04. The molecule has 3 heteroatoms. The van der Waals surface area contributed by atoms with Gasteiger partial charge in [0.25, 0.3) is 0 Å². The summed E-state index contributed by atoms with van der Waals surface area (Å²) in [5.74, 6) is 0. The van der Waals surface area contributed by atoms with Gasteiger partial charge in [-0.25, -0.2) is 4.98 Å². The van der Waals surface area contributed by atoms with Crippen molar-refractivity contribution in [2.75, 3.05) is 6.61 Å². The van der Waals surface area contributed by atoms with Gasteiger partial charge in [0.1, 0.15) is 0 Å². The summed E-state index contributed by atoms with van der Waals surface area (Å²) in [7, 11) is 2.00. The maximum absolute atomic E-state index is 9.54. The molecule has 0 bridgehead atoms. The van der Waals surface area contributed by atoms with Crippen LogP contribution >= 0.6 is 0 Å². The normalized spacial score (nSPS) is 18.6. The molecule has 2 aromatic rings. The van der Waals surface area contributed by atoms with Crippen LogP contribution in [0, 0.1) is 0 Å². The molecule has 0 aliphatic heterocycles. The minimum Gasteiger partial charge on any atom is -0.395 e. The summed E-state index contributed by atoms with van der Waals surface area (Å²) in [6.07, 6.45) is 5.26. The molecule has 3 nitrogen and oxygen atoms in total. The molecule has 3 rings (SSSR count). The number of aliphatic hydroxyl groups is 1. The van der Waals surface area contributed by atoms with E-state index in [0.717, 1.165) is 23.9 Å². The van der Waals surface area contributed by atoms with Crippen molar-refractivity contribution in [1.82, 2.24) is 9.55 Å². The molecule has 1 aliphatic carbocycles. The van der Waals surface area contributed by atoms with Gasteiger partial charge in [0.2, 0.25) is 0 Å². The third kappa shape index (κ3) is 1.21. The zero-order valence-electron chi connectivity index (χ0n) is 9.48. The van der Waals surface area contributed by atoms with Gasteiger partial charge in [0.15, 0.2) is 0 Å². The van der Waals surface area contributed by atoms with E-state index in [2.05, 4.69) is 23.2 Å². The summed E-state index contributed by atoms with van der Waals surface area (Å²) in [6, 6.07) is 6.37. The van der Waals surface area contributed by atoms with Gasteiger partial charge >= 0.3 is 0 Å². The van der Waals surface area contributed by atoms with Gasteiger partial charge in [-0.1, -0.05) is 12.5 Å². The average Bonchev–Trinajstić information content (AvgIpc) is 2.60. The Morgan fingerprint density at radius 2 is 2.25 bits per heavy atom. The molecule has 1 N–H and O–H groups in total. The Bertz CT molecular complexity index is 520. The van der Waals surface area contributed by atoms with Crippen molar-refractivity contribution in [2.24, 2.45) is 7.05 Å². The molecule has 0 atom stereocenters. The van der Waals surface area contributed by atoms with Crippen LogP contribution in [0.5, 0.6) is 0 Å². The van der Waals surface area contributed by atoms with E-state index in [-0.39, 0.29) is 12.0 Å². The minimum atomic E-state index is 0.0196. The largest absolute Gasteiger partial charge is 0.395 e. The van der Waals surface area contributed by atoms with Crippen LogP contribution in [0.2, 0.25) is 0 Å². The number of hydrogen-bond donors (Lipinski definition) is 1. The molecule has 0 spiro atoms. The first kappa shape index (κ1) is 9.85. The molecule has 1 heterocycles. The van der Waals surface area contributed by atoms with Gasteiger partial charge in [-0.2, -0.15) is 0 Å². The van der Waals surface area contributed by atoms with Crippen LogP contribution in [0.3, 0.4) is 0 Å². The van der Waals surface area contributed by atoms with Crippen LogP contribution < -0.4 is 0 Å². The Morgan fingerprint density at radius 3 is 2.88 bits per heavy atom. The summed E-state index contributed by atoms with van der Waals surface area (Å²) in [6.45, 7) is 0.255. The molecule has 0 amide bonds. The highest BCUT2D eigenvalue weighted by Crippen LogP contribution is 2.43. The number of aryl methyl sites for hydroxylation is 1. The smallest absolute Gasteiger partial charge is 0.0955 e. The van der Waals surface area contributed by atoms with Crippen molar-refractivity contribution in [3.05, 3.63) is 30.1 Å². The first-order chi connectivity index (χ1) is 7.75. The van der Waals surface area contributed by atoms with Crippen molar-refractivity contribution in [3.63, 3.8) is 0 Å². The molecule has 0 radical (unpaired) electrons. The fraction of sp³-hybridized carbons (Fsp3) is 0.462. The molecule has 16 heavy (non-hydrogen) atoms. The van der Waals surface area contributed by atoms with Crippen molar-refractivity contribution >= 4 is 11.0 Å². The summed E-state index contributed by atoms with van der Waals surface area (Å²) in [4.78, 5) is 4.37. The summed E-state index contributed by atoms with van der Waals surface area (Å²) < 4.78 is 2.02. The second kappa shape index (κ2) is 3.32. The van der Waals surface area contributed by atoms with Gasteiger partial charge in [-0.05, 0) is 30.5 Å². The summed E-state index contributed by atoms with van der Waals surface area (Å²) in [5, 5.41) is 9.54. The molecule has 1 saturated carbocycles. The quantitative estimate of drug-likeness (QED) is 0.833. The van der Waals surface area contributed by atoms with Crippen molar-refractivity contribution < 1.29 is 5.11 Å². The maximum atomic E-state index is 9.54. The molecule has 84 valence electrons. The molecule has 1 aliphatic rings. The zero-order chi connectivity index (χ0) is 11.2. The van der Waals surface area contributed by atoms with E-state index >= 15 is 0 Å². The second-order valence-electron chi connectivity index (χ2n) is 4.85. The second-order valence-corrected chi connectivity index (χ2v) is 4.85. The van der Waals surface area contributed by atoms with Crippen LogP contribution in [0.25, 0.3) is 11.0 Å². The van der Waals surface area contributed by atoms with E-state index < -0.39 is 0 Å². The fourth-order valence-corrected chi connectivity index (χ4v) is 2.61. The Hall–Kier alpha value is -1.35. The standard InChI is InChI=1S/C13H16N2O/c1-15-9-14-11-7-10(3-4-12(11)15)13(8-16)5-2-6-13/h3-4,7,9,16H,2,5-6,8H2,1H3. The fourth-order valence-electron chi connectivity index (χ4n) is 2.61. The lowest BCUT2D eigenvalue weighted by molar-refractivity contribution is 0.120. The molecule has 1 aromatic carbocycles. The van der Waals surface area contributed by atoms with E-state index in [1.165, 1.54) is 12.0 Å². The van der Waals surface area contributed by atoms with Crippen LogP contribution in [0.4, 0.5) is 0 Å². The first-order valence-electron chi connectivity index (χ1n) is 5.78. The number of nitrogens with zero attached hydrogens (tertiary/aromatic N) is 2. The Morgan fingerprint density at radius 1 is 1.44 bits per heavy atom. The van der Waals surface area contributed by atoms with Gasteiger partial charge in [0.05, 0.1) is 24.0 Å². The number of hydrogen-bond acceptors (Lipinski definition) is 2. The SMILES string of the molecule is Cn1cnc2cc(C3(CO)CCC3)ccc21. The number of aliphatic hydroxyl groups excluding tert-OH is 1. The van der Waals surface area contributed by atoms with Crippen LogP contribution in [-0.2, 0) is 12.5 Å². The highest BCUT2D eigenvalue weighted by atomic mass is 16.3. The lowest BCUT2D eigenvalue weighted by Gasteiger charge is -2.40. The highest BCUT2D eigenvalue weighted by molar-refractivity contribution is 5.76. The molecule has 1 aromatic heterocycles. The van der Waals surface area contributed by atoms with E-state index in [1.807, 2.05) is 17.9 Å². The third-order valence-corrected chi connectivity index (χ3v) is 3.95. The molecule has 0 saturated heterocycles. The van der Waals surface area contributed by atoms with Gasteiger partial charge < -0.3 is 9.67 Å². The van der Waals surface area contributed by atoms with Crippen LogP contribution in [-0.4, -0.2) is 21.3 Å². The number of fused-ring (bicyclic) bond motifs is 1. The number of benzene rings is 1. The van der Waals surface area contributed by atoms with Crippen LogP contribution in [0.1, 0.15) is 24.8 Å². The van der Waals surface area contributed by atoms with Gasteiger partial charge in [-0.3, -0.25) is 0 Å². The van der Waals surface area contributed by atoms with E-state index in [1.54, 1.807) is 0 Å². The molecule has 1 fully saturated rings. The van der Waals surface area contributed by atoms with Crippen LogP contribution in [0.15, 0.2) is 24.5 Å². The molecular formula is C13H16N2O. The van der Waals surface area contributed by atoms with Gasteiger partial charge in [-0.15, -0.1) is 0 Å². The minimum absolute atomic E-state index is 0.0196. The van der Waals surface area contributed by atoms with E-state index in [9.17, 15) is 5.11 Å². The van der Waals surface area contributed by atoms with Crippen molar-refractivity contribution in [2.45, 2.75) is 24.7 Å².